The molecule has 1 amide bonds. The van der Waals surface area contributed by atoms with Crippen LogP contribution in [-0.4, -0.2) is 51.7 Å². The molecule has 4 rings (SSSR count). The number of piperidine rings is 1. The summed E-state index contributed by atoms with van der Waals surface area (Å²) in [5, 5.41) is 4.11. The molecule has 0 spiro atoms. The van der Waals surface area contributed by atoms with Crippen molar-refractivity contribution in [2.75, 3.05) is 26.2 Å². The number of hydrogen-bond donors (Lipinski definition) is 0. The van der Waals surface area contributed by atoms with Gasteiger partial charge in [0, 0.05) is 31.9 Å². The van der Waals surface area contributed by atoms with E-state index in [1.54, 1.807) is 24.0 Å². The first-order valence-corrected chi connectivity index (χ1v) is 9.45. The van der Waals surface area contributed by atoms with Crippen molar-refractivity contribution in [2.45, 2.75) is 32.4 Å². The molecule has 2 aliphatic rings. The highest BCUT2D eigenvalue weighted by Crippen LogP contribution is 2.26. The Labute approximate surface area is 154 Å². The number of rotatable bonds is 3. The number of aryl methyl sites for hydroxylation is 1. The Kier molecular flexibility index (Phi) is 4.93. The van der Waals surface area contributed by atoms with E-state index in [9.17, 15) is 4.79 Å². The van der Waals surface area contributed by atoms with Crippen LogP contribution in [0.1, 0.15) is 40.9 Å². The van der Waals surface area contributed by atoms with Gasteiger partial charge in [0.15, 0.2) is 0 Å². The molecule has 2 aliphatic heterocycles. The average molecular weight is 354 g/mol. The second kappa shape index (κ2) is 7.50. The smallest absolute Gasteiger partial charge is 0.272 e. The van der Waals surface area contributed by atoms with E-state index in [0.717, 1.165) is 17.9 Å². The first kappa shape index (κ1) is 17.1. The monoisotopic (exact) mass is 354 g/mol. The van der Waals surface area contributed by atoms with Crippen LogP contribution in [0.3, 0.4) is 0 Å². The summed E-state index contributed by atoms with van der Waals surface area (Å²) < 4.78 is 7.52. The molecule has 6 nitrogen and oxygen atoms in total. The highest BCUT2D eigenvalue weighted by atomic mass is 16.5. The molecule has 0 bridgehead atoms. The zero-order chi connectivity index (χ0) is 17.9. The lowest BCUT2D eigenvalue weighted by Crippen LogP contribution is -2.33. The van der Waals surface area contributed by atoms with Gasteiger partial charge in [-0.1, -0.05) is 12.5 Å². The molecule has 2 aromatic rings. The van der Waals surface area contributed by atoms with Crippen molar-refractivity contribution in [3.05, 3.63) is 47.3 Å². The number of fused-ring (bicyclic) bond motifs is 1. The van der Waals surface area contributed by atoms with Crippen molar-refractivity contribution < 1.29 is 9.53 Å². The minimum Gasteiger partial charge on any atom is -0.491 e. The third-order valence-electron chi connectivity index (χ3n) is 5.29. The van der Waals surface area contributed by atoms with Crippen LogP contribution >= 0.6 is 0 Å². The summed E-state index contributed by atoms with van der Waals surface area (Å²) in [7, 11) is 1.80. The Morgan fingerprint density at radius 2 is 2.00 bits per heavy atom. The number of aromatic nitrogens is 2. The molecule has 6 heteroatoms. The molecule has 138 valence electrons. The number of carbonyl (C=O) groups is 1. The van der Waals surface area contributed by atoms with E-state index in [1.165, 1.54) is 37.9 Å². The fourth-order valence-corrected chi connectivity index (χ4v) is 3.84. The SMILES string of the molecule is Cn1nccc1C(=O)N1CCOc2ccc(CN3CCCCC3)cc2C1. The highest BCUT2D eigenvalue weighted by Gasteiger charge is 2.23. The third-order valence-corrected chi connectivity index (χ3v) is 5.29. The Morgan fingerprint density at radius 1 is 1.15 bits per heavy atom. The quantitative estimate of drug-likeness (QED) is 0.850. The number of hydrogen-bond acceptors (Lipinski definition) is 4. The van der Waals surface area contributed by atoms with Crippen LogP contribution in [0.5, 0.6) is 5.75 Å². The summed E-state index contributed by atoms with van der Waals surface area (Å²) in [4.78, 5) is 17.2. The van der Waals surface area contributed by atoms with E-state index in [0.29, 0.717) is 25.4 Å². The van der Waals surface area contributed by atoms with Crippen LogP contribution in [0.15, 0.2) is 30.5 Å². The third kappa shape index (κ3) is 3.60. The average Bonchev–Trinajstić information content (AvgIpc) is 2.97. The van der Waals surface area contributed by atoms with Crippen LogP contribution in [0.4, 0.5) is 0 Å². The maximum atomic E-state index is 12.8. The molecule has 3 heterocycles. The van der Waals surface area contributed by atoms with Gasteiger partial charge in [-0.05, 0) is 49.7 Å². The van der Waals surface area contributed by atoms with Crippen LogP contribution < -0.4 is 4.74 Å². The predicted octanol–water partition coefficient (Wildman–Crippen LogP) is 2.44. The summed E-state index contributed by atoms with van der Waals surface area (Å²) in [5.74, 6) is 0.899. The summed E-state index contributed by atoms with van der Waals surface area (Å²) >= 11 is 0. The molecule has 0 saturated carbocycles. The molecule has 1 aromatic carbocycles. The van der Waals surface area contributed by atoms with Gasteiger partial charge in [-0.15, -0.1) is 0 Å². The number of amides is 1. The molecule has 1 aromatic heterocycles. The van der Waals surface area contributed by atoms with Crippen LogP contribution in [0, 0.1) is 0 Å². The van der Waals surface area contributed by atoms with Gasteiger partial charge in [-0.3, -0.25) is 14.4 Å². The van der Waals surface area contributed by atoms with Gasteiger partial charge in [0.05, 0.1) is 6.54 Å². The number of carbonyl (C=O) groups excluding carboxylic acids is 1. The molecule has 0 atom stereocenters. The van der Waals surface area contributed by atoms with Crippen molar-refractivity contribution in [1.29, 1.82) is 0 Å². The Hall–Kier alpha value is -2.34. The van der Waals surface area contributed by atoms with Gasteiger partial charge in [0.25, 0.3) is 5.91 Å². The number of ether oxygens (including phenoxy) is 1. The molecular weight excluding hydrogens is 328 g/mol. The van der Waals surface area contributed by atoms with Crippen LogP contribution in [0.25, 0.3) is 0 Å². The topological polar surface area (TPSA) is 50.6 Å². The second-order valence-corrected chi connectivity index (χ2v) is 7.19. The first-order valence-electron chi connectivity index (χ1n) is 9.45. The van der Waals surface area contributed by atoms with Crippen molar-refractivity contribution in [3.8, 4) is 5.75 Å². The van der Waals surface area contributed by atoms with E-state index in [1.807, 2.05) is 4.90 Å². The highest BCUT2D eigenvalue weighted by molar-refractivity contribution is 5.92. The van der Waals surface area contributed by atoms with Crippen molar-refractivity contribution in [3.63, 3.8) is 0 Å². The van der Waals surface area contributed by atoms with Gasteiger partial charge in [0.1, 0.15) is 18.1 Å². The lowest BCUT2D eigenvalue weighted by molar-refractivity contribution is 0.0722. The fourth-order valence-electron chi connectivity index (χ4n) is 3.84. The van der Waals surface area contributed by atoms with E-state index in [2.05, 4.69) is 28.2 Å². The molecule has 0 N–H and O–H groups in total. The van der Waals surface area contributed by atoms with E-state index in [4.69, 9.17) is 4.74 Å². The van der Waals surface area contributed by atoms with Crippen LogP contribution in [0.2, 0.25) is 0 Å². The maximum Gasteiger partial charge on any atom is 0.272 e. The van der Waals surface area contributed by atoms with E-state index >= 15 is 0 Å². The molecule has 0 unspecified atom stereocenters. The van der Waals surface area contributed by atoms with Crippen molar-refractivity contribution in [1.82, 2.24) is 19.6 Å². The van der Waals surface area contributed by atoms with Crippen molar-refractivity contribution in [2.24, 2.45) is 7.05 Å². The second-order valence-electron chi connectivity index (χ2n) is 7.19. The molecule has 26 heavy (non-hydrogen) atoms. The summed E-state index contributed by atoms with van der Waals surface area (Å²) in [5.41, 5.74) is 2.99. The van der Waals surface area contributed by atoms with Gasteiger partial charge >= 0.3 is 0 Å². The summed E-state index contributed by atoms with van der Waals surface area (Å²) in [6, 6.07) is 8.19. The standard InChI is InChI=1S/C20H26N4O2/c1-22-18(7-8-21-22)20(25)24-11-12-26-19-6-5-16(13-17(19)15-24)14-23-9-3-2-4-10-23/h5-8,13H,2-4,9-12,14-15H2,1H3. The maximum absolute atomic E-state index is 12.8. The minimum absolute atomic E-state index is 0.00267. The molecule has 0 aliphatic carbocycles. The zero-order valence-corrected chi connectivity index (χ0v) is 15.4. The van der Waals surface area contributed by atoms with Gasteiger partial charge in [-0.25, -0.2) is 0 Å². The molecular formula is C20H26N4O2. The van der Waals surface area contributed by atoms with Gasteiger partial charge in [0.2, 0.25) is 0 Å². The van der Waals surface area contributed by atoms with Crippen LogP contribution in [-0.2, 0) is 20.1 Å². The Balaban J connectivity index is 1.52. The molecule has 0 radical (unpaired) electrons. The minimum atomic E-state index is 0.00267. The van der Waals surface area contributed by atoms with Gasteiger partial charge < -0.3 is 9.64 Å². The van der Waals surface area contributed by atoms with Gasteiger partial charge in [-0.2, -0.15) is 5.10 Å². The number of benzene rings is 1. The first-order chi connectivity index (χ1) is 12.7. The predicted molar refractivity (Wildman–Crippen MR) is 99.0 cm³/mol. The van der Waals surface area contributed by atoms with E-state index < -0.39 is 0 Å². The lowest BCUT2D eigenvalue weighted by Gasteiger charge is -2.26. The number of likely N-dealkylation sites (tertiary alicyclic amines) is 1. The fraction of sp³-hybridized carbons (Fsp3) is 0.500. The number of nitrogens with zero attached hydrogens (tertiary/aromatic N) is 4. The largest absolute Gasteiger partial charge is 0.491 e. The summed E-state index contributed by atoms with van der Waals surface area (Å²) in [6.07, 6.45) is 5.59. The molecule has 1 fully saturated rings. The normalized spacial score (nSPS) is 18.1. The lowest BCUT2D eigenvalue weighted by atomic mass is 10.1. The Morgan fingerprint density at radius 3 is 2.77 bits per heavy atom. The zero-order valence-electron chi connectivity index (χ0n) is 15.4. The van der Waals surface area contributed by atoms with E-state index in [-0.39, 0.29) is 5.91 Å². The Bertz CT molecular complexity index is 780. The summed E-state index contributed by atoms with van der Waals surface area (Å²) in [6.45, 7) is 5.01. The van der Waals surface area contributed by atoms with Crippen molar-refractivity contribution >= 4 is 5.91 Å². The molecule has 1 saturated heterocycles.